The molecule has 178 valence electrons. The number of carbonyl (C=O) groups excluding carboxylic acids is 1. The Bertz CT molecular complexity index is 1140. The highest BCUT2D eigenvalue weighted by atomic mass is 19.4. The molecule has 3 aromatic rings. The fraction of sp³-hybridized carbons (Fsp3) is 0.292. The summed E-state index contributed by atoms with van der Waals surface area (Å²) in [6.45, 7) is 2.97. The van der Waals surface area contributed by atoms with Crippen LogP contribution in [0.3, 0.4) is 0 Å². The summed E-state index contributed by atoms with van der Waals surface area (Å²) in [6, 6.07) is 9.33. The molecule has 7 nitrogen and oxygen atoms in total. The first-order valence-corrected chi connectivity index (χ1v) is 10.8. The minimum absolute atomic E-state index is 0.330. The highest BCUT2D eigenvalue weighted by molar-refractivity contribution is 6.02. The number of rotatable bonds is 7. The van der Waals surface area contributed by atoms with Gasteiger partial charge in [0, 0.05) is 61.1 Å². The number of nitrogens with zero attached hydrogens (tertiary/aromatic N) is 4. The van der Waals surface area contributed by atoms with Crippen molar-refractivity contribution >= 4 is 17.7 Å². The first kappa shape index (κ1) is 23.7. The third kappa shape index (κ3) is 6.75. The summed E-state index contributed by atoms with van der Waals surface area (Å²) in [6.07, 6.45) is 4.33. The number of alkyl halides is 3. The van der Waals surface area contributed by atoms with E-state index in [9.17, 15) is 18.0 Å². The van der Waals surface area contributed by atoms with Gasteiger partial charge in [0.05, 0.1) is 19.4 Å². The van der Waals surface area contributed by atoms with E-state index in [-0.39, 0.29) is 5.91 Å². The molecule has 0 radical (unpaired) electrons. The van der Waals surface area contributed by atoms with Crippen molar-refractivity contribution in [2.75, 3.05) is 31.6 Å². The summed E-state index contributed by atoms with van der Waals surface area (Å²) in [5, 5.41) is 6.59. The zero-order chi connectivity index (χ0) is 24.0. The van der Waals surface area contributed by atoms with E-state index in [1.54, 1.807) is 18.3 Å². The van der Waals surface area contributed by atoms with Gasteiger partial charge in [-0.05, 0) is 35.4 Å². The first-order valence-electron chi connectivity index (χ1n) is 10.8. The highest BCUT2D eigenvalue weighted by Crippen LogP contribution is 2.25. The van der Waals surface area contributed by atoms with Crippen LogP contribution in [0, 0.1) is 0 Å². The summed E-state index contributed by atoms with van der Waals surface area (Å²) in [7, 11) is 0. The number of benzene rings is 1. The Balaban J connectivity index is 1.38. The van der Waals surface area contributed by atoms with E-state index in [1.165, 1.54) is 24.7 Å². The lowest BCUT2D eigenvalue weighted by Gasteiger charge is -2.26. The molecule has 0 unspecified atom stereocenters. The van der Waals surface area contributed by atoms with Crippen molar-refractivity contribution in [3.05, 3.63) is 72.3 Å². The molecule has 4 rings (SSSR count). The van der Waals surface area contributed by atoms with Crippen LogP contribution in [0.25, 0.3) is 17.2 Å². The maximum atomic E-state index is 12.6. The van der Waals surface area contributed by atoms with Crippen LogP contribution >= 0.6 is 0 Å². The predicted octanol–water partition coefficient (Wildman–Crippen LogP) is 3.99. The fourth-order valence-corrected chi connectivity index (χ4v) is 3.64. The normalized spacial score (nSPS) is 15.0. The van der Waals surface area contributed by atoms with Gasteiger partial charge in [0.25, 0.3) is 0 Å². The minimum atomic E-state index is -4.36. The molecule has 1 aliphatic rings. The van der Waals surface area contributed by atoms with Gasteiger partial charge in [-0.3, -0.25) is 19.4 Å². The third-order valence-corrected chi connectivity index (χ3v) is 5.28. The molecule has 0 spiro atoms. The molecule has 10 heteroatoms. The van der Waals surface area contributed by atoms with Crippen LogP contribution in [0.15, 0.2) is 61.2 Å². The first-order chi connectivity index (χ1) is 16.4. The number of anilines is 1. The number of carbonyl (C=O) groups is 1. The number of pyridine rings is 1. The van der Waals surface area contributed by atoms with Crippen LogP contribution in [-0.4, -0.2) is 58.1 Å². The number of halogens is 3. The number of amides is 1. The van der Waals surface area contributed by atoms with Crippen molar-refractivity contribution in [1.82, 2.24) is 19.7 Å². The Hall–Kier alpha value is -3.50. The lowest BCUT2D eigenvalue weighted by molar-refractivity contribution is -0.142. The average Bonchev–Trinajstić information content (AvgIpc) is 3.26. The number of nitrogens with one attached hydrogen (secondary N) is 1. The predicted molar refractivity (Wildman–Crippen MR) is 122 cm³/mol. The molecule has 1 saturated heterocycles. The van der Waals surface area contributed by atoms with Crippen LogP contribution in [0.2, 0.25) is 0 Å². The molecule has 0 aliphatic carbocycles. The summed E-state index contributed by atoms with van der Waals surface area (Å²) < 4.78 is 44.0. The number of hydrogen-bond donors (Lipinski definition) is 1. The second-order valence-corrected chi connectivity index (χ2v) is 7.91. The third-order valence-electron chi connectivity index (χ3n) is 5.28. The van der Waals surface area contributed by atoms with E-state index < -0.39 is 12.7 Å². The van der Waals surface area contributed by atoms with Crippen molar-refractivity contribution in [3.63, 3.8) is 0 Å². The van der Waals surface area contributed by atoms with Gasteiger partial charge in [-0.15, -0.1) is 0 Å². The fourth-order valence-electron chi connectivity index (χ4n) is 3.64. The van der Waals surface area contributed by atoms with Gasteiger partial charge in [-0.2, -0.15) is 18.3 Å². The van der Waals surface area contributed by atoms with E-state index in [0.29, 0.717) is 22.4 Å². The average molecular weight is 471 g/mol. The molecular formula is C24H24F3N5O2. The number of hydrogen-bond acceptors (Lipinski definition) is 5. The Morgan fingerprint density at radius 1 is 1.12 bits per heavy atom. The maximum absolute atomic E-state index is 12.6. The summed E-state index contributed by atoms with van der Waals surface area (Å²) in [4.78, 5) is 18.8. The van der Waals surface area contributed by atoms with Gasteiger partial charge >= 0.3 is 6.18 Å². The Labute approximate surface area is 194 Å². The smallest absolute Gasteiger partial charge is 0.379 e. The van der Waals surface area contributed by atoms with Crippen LogP contribution in [0.1, 0.15) is 11.1 Å². The van der Waals surface area contributed by atoms with Crippen molar-refractivity contribution < 1.29 is 22.7 Å². The monoisotopic (exact) mass is 471 g/mol. The lowest BCUT2D eigenvalue weighted by Crippen LogP contribution is -2.35. The molecule has 0 saturated carbocycles. The molecule has 0 bridgehead atoms. The number of ether oxygens (including phenoxy) is 1. The van der Waals surface area contributed by atoms with Crippen molar-refractivity contribution in [1.29, 1.82) is 0 Å². The standard InChI is InChI=1S/C24H24F3N5O2/c25-24(26,27)17-32-16-20(14-29-32)22-7-8-28-13-19(22)3-6-23(33)30-21-4-1-18(2-5-21)15-31-9-11-34-12-10-31/h1-8,13-14,16H,9-12,15,17H2,(H,30,33). The van der Waals surface area contributed by atoms with E-state index in [2.05, 4.69) is 20.3 Å². The molecule has 1 N–H and O–H groups in total. The SMILES string of the molecule is O=C(C=Cc1cnccc1-c1cnn(CC(F)(F)F)c1)Nc1ccc(CN2CCOCC2)cc1. The van der Waals surface area contributed by atoms with Gasteiger partial charge in [0.1, 0.15) is 6.54 Å². The number of morpholine rings is 1. The molecule has 34 heavy (non-hydrogen) atoms. The van der Waals surface area contributed by atoms with E-state index in [4.69, 9.17) is 4.74 Å². The Kier molecular flexibility index (Phi) is 7.39. The maximum Gasteiger partial charge on any atom is 0.408 e. The second-order valence-electron chi connectivity index (χ2n) is 7.91. The molecule has 2 aromatic heterocycles. The van der Waals surface area contributed by atoms with Crippen LogP contribution < -0.4 is 5.32 Å². The zero-order valence-corrected chi connectivity index (χ0v) is 18.3. The van der Waals surface area contributed by atoms with Gasteiger partial charge in [-0.1, -0.05) is 12.1 Å². The van der Waals surface area contributed by atoms with Gasteiger partial charge < -0.3 is 10.1 Å². The molecular weight excluding hydrogens is 447 g/mol. The molecule has 1 aliphatic heterocycles. The van der Waals surface area contributed by atoms with Crippen molar-refractivity contribution in [2.45, 2.75) is 19.3 Å². The second kappa shape index (κ2) is 10.6. The molecule has 1 fully saturated rings. The lowest BCUT2D eigenvalue weighted by atomic mass is 10.0. The van der Waals surface area contributed by atoms with Gasteiger partial charge in [0.2, 0.25) is 5.91 Å². The van der Waals surface area contributed by atoms with Gasteiger partial charge in [-0.25, -0.2) is 0 Å². The quantitative estimate of drug-likeness (QED) is 0.528. The van der Waals surface area contributed by atoms with Crippen LogP contribution in [0.4, 0.5) is 18.9 Å². The van der Waals surface area contributed by atoms with Gasteiger partial charge in [0.15, 0.2) is 0 Å². The van der Waals surface area contributed by atoms with Crippen LogP contribution in [0.5, 0.6) is 0 Å². The van der Waals surface area contributed by atoms with E-state index >= 15 is 0 Å². The number of aromatic nitrogens is 3. The minimum Gasteiger partial charge on any atom is -0.379 e. The van der Waals surface area contributed by atoms with Crippen molar-refractivity contribution in [3.8, 4) is 11.1 Å². The zero-order valence-electron chi connectivity index (χ0n) is 18.3. The molecule has 3 heterocycles. The topological polar surface area (TPSA) is 72.3 Å². The van der Waals surface area contributed by atoms with Crippen LogP contribution in [-0.2, 0) is 22.6 Å². The largest absolute Gasteiger partial charge is 0.408 e. The summed E-state index contributed by atoms with van der Waals surface area (Å²) in [5.74, 6) is -0.330. The van der Waals surface area contributed by atoms with E-state index in [1.807, 2.05) is 24.3 Å². The van der Waals surface area contributed by atoms with Crippen molar-refractivity contribution in [2.24, 2.45) is 0 Å². The molecule has 0 atom stereocenters. The Morgan fingerprint density at radius 3 is 2.62 bits per heavy atom. The molecule has 1 aromatic carbocycles. The molecule has 1 amide bonds. The Morgan fingerprint density at radius 2 is 1.88 bits per heavy atom. The summed E-state index contributed by atoms with van der Waals surface area (Å²) in [5.41, 5.74) is 3.54. The summed E-state index contributed by atoms with van der Waals surface area (Å²) >= 11 is 0. The van der Waals surface area contributed by atoms with E-state index in [0.717, 1.165) is 43.1 Å². The highest BCUT2D eigenvalue weighted by Gasteiger charge is 2.28.